The molecule has 0 spiro atoms. The molecule has 0 radical (unpaired) electrons. The maximum Gasteiger partial charge on any atom is 0.278 e. The number of hydrogen-bond donors (Lipinski definition) is 1. The van der Waals surface area contributed by atoms with Crippen LogP contribution in [-0.2, 0) is 9.59 Å². The van der Waals surface area contributed by atoms with E-state index in [-0.39, 0.29) is 36.8 Å². The van der Waals surface area contributed by atoms with Crippen molar-refractivity contribution < 1.29 is 14.7 Å². The summed E-state index contributed by atoms with van der Waals surface area (Å²) < 4.78 is 1.11. The summed E-state index contributed by atoms with van der Waals surface area (Å²) in [5.41, 5.74) is 0.0996. The van der Waals surface area contributed by atoms with Crippen molar-refractivity contribution in [2.45, 2.75) is 39.2 Å². The van der Waals surface area contributed by atoms with Crippen LogP contribution in [0.25, 0.3) is 10.9 Å². The molecule has 0 saturated heterocycles. The van der Waals surface area contributed by atoms with Crippen molar-refractivity contribution in [3.05, 3.63) is 34.6 Å². The molecule has 2 rings (SSSR count). The summed E-state index contributed by atoms with van der Waals surface area (Å²) in [5.74, 6) is -1.39. The first-order valence-electron chi connectivity index (χ1n) is 8.22. The number of carboxylic acid groups (broad SMARTS) is 1. The fraction of sp³-hybridized carbons (Fsp3) is 0.471. The van der Waals surface area contributed by atoms with Crippen LogP contribution in [0.4, 0.5) is 0 Å². The molecule has 1 amide bonds. The Balaban J connectivity index is 2.25. The van der Waals surface area contributed by atoms with Crippen LogP contribution in [0.5, 0.6) is 0 Å². The molecule has 1 aromatic carbocycles. The highest BCUT2D eigenvalue weighted by Crippen LogP contribution is 2.16. The number of nitrogens with zero attached hydrogens (tertiary/aromatic N) is 3. The highest BCUT2D eigenvalue weighted by Gasteiger charge is 2.24. The van der Waals surface area contributed by atoms with Gasteiger partial charge in [-0.05, 0) is 37.3 Å². The van der Waals surface area contributed by atoms with E-state index in [0.29, 0.717) is 17.3 Å². The van der Waals surface area contributed by atoms with Gasteiger partial charge in [0.25, 0.3) is 5.56 Å². The van der Waals surface area contributed by atoms with Crippen molar-refractivity contribution in [1.82, 2.24) is 20.3 Å². The smallest absolute Gasteiger partial charge is 0.278 e. The van der Waals surface area contributed by atoms with E-state index in [9.17, 15) is 19.5 Å². The fourth-order valence-corrected chi connectivity index (χ4v) is 2.53. The summed E-state index contributed by atoms with van der Waals surface area (Å²) in [6.07, 6.45) is 0.546. The van der Waals surface area contributed by atoms with Gasteiger partial charge in [-0.1, -0.05) is 31.2 Å². The number of benzene rings is 1. The van der Waals surface area contributed by atoms with E-state index in [1.54, 1.807) is 24.3 Å². The molecule has 1 heterocycles. The Hall–Kier alpha value is -2.77. The summed E-state index contributed by atoms with van der Waals surface area (Å²) in [6.45, 7) is 4.07. The van der Waals surface area contributed by atoms with Crippen molar-refractivity contribution in [3.63, 3.8) is 0 Å². The lowest BCUT2D eigenvalue weighted by Crippen LogP contribution is -2.40. The first kappa shape index (κ1) is 18.6. The van der Waals surface area contributed by atoms with E-state index >= 15 is 0 Å². The Morgan fingerprint density at radius 1 is 1.28 bits per heavy atom. The highest BCUT2D eigenvalue weighted by atomic mass is 16.4. The molecule has 0 aliphatic rings. The van der Waals surface area contributed by atoms with E-state index in [2.05, 4.69) is 15.6 Å². The second kappa shape index (κ2) is 8.36. The molecule has 134 valence electrons. The average molecular weight is 345 g/mol. The summed E-state index contributed by atoms with van der Waals surface area (Å²) >= 11 is 0. The van der Waals surface area contributed by atoms with Crippen molar-refractivity contribution >= 4 is 22.8 Å². The van der Waals surface area contributed by atoms with E-state index in [4.69, 9.17) is 0 Å². The molecule has 0 fully saturated rings. The molecule has 1 N–H and O–H groups in total. The van der Waals surface area contributed by atoms with Crippen LogP contribution in [0.3, 0.4) is 0 Å². The van der Waals surface area contributed by atoms with E-state index in [0.717, 1.165) is 4.68 Å². The van der Waals surface area contributed by atoms with Crippen LogP contribution in [0, 0.1) is 5.92 Å². The summed E-state index contributed by atoms with van der Waals surface area (Å²) in [7, 11) is 0. The minimum Gasteiger partial charge on any atom is -0.550 e. The van der Waals surface area contributed by atoms with Crippen LogP contribution in [0.2, 0.25) is 0 Å². The third-order valence-electron chi connectivity index (χ3n) is 3.74. The standard InChI is InChI=1S/C17H22N4O4/c1-11(2)10-14(16(24)18-9-5-8-15(22)23)21-17(25)12-6-3-4-7-13(12)19-20-21/h3-4,6-7,11,14H,5,8-10H2,1-2H3,(H,18,24)(H,22,23)/p-1/t14-/m1/s1. The van der Waals surface area contributed by atoms with Gasteiger partial charge in [-0.3, -0.25) is 9.59 Å². The molecule has 8 heteroatoms. The predicted octanol–water partition coefficient (Wildman–Crippen LogP) is 0.0250. The first-order chi connectivity index (χ1) is 11.9. The zero-order chi connectivity index (χ0) is 18.4. The van der Waals surface area contributed by atoms with Gasteiger partial charge in [0.05, 0.1) is 5.39 Å². The molecular formula is C17H21N4O4-. The van der Waals surface area contributed by atoms with Gasteiger partial charge in [0.1, 0.15) is 11.6 Å². The normalized spacial score (nSPS) is 12.3. The summed E-state index contributed by atoms with van der Waals surface area (Å²) in [6, 6.07) is 6.02. The number of carbonyl (C=O) groups is 2. The monoisotopic (exact) mass is 345 g/mol. The number of carboxylic acids is 1. The molecule has 0 aliphatic carbocycles. The molecule has 25 heavy (non-hydrogen) atoms. The second-order valence-electron chi connectivity index (χ2n) is 6.27. The molecule has 1 aromatic heterocycles. The average Bonchev–Trinajstić information content (AvgIpc) is 2.57. The number of amides is 1. The van der Waals surface area contributed by atoms with Gasteiger partial charge in [0.2, 0.25) is 5.91 Å². The fourth-order valence-electron chi connectivity index (χ4n) is 2.53. The minimum atomic E-state index is -1.16. The molecular weight excluding hydrogens is 324 g/mol. The number of fused-ring (bicyclic) bond motifs is 1. The summed E-state index contributed by atoms with van der Waals surface area (Å²) in [5, 5.41) is 21.4. The molecule has 0 saturated carbocycles. The zero-order valence-corrected chi connectivity index (χ0v) is 14.3. The quantitative estimate of drug-likeness (QED) is 0.674. The van der Waals surface area contributed by atoms with Gasteiger partial charge in [0.15, 0.2) is 0 Å². The Kier molecular flexibility index (Phi) is 6.21. The molecule has 0 unspecified atom stereocenters. The molecule has 0 bridgehead atoms. The largest absolute Gasteiger partial charge is 0.550 e. The highest BCUT2D eigenvalue weighted by molar-refractivity contribution is 5.81. The predicted molar refractivity (Wildman–Crippen MR) is 89.5 cm³/mol. The van der Waals surface area contributed by atoms with Crippen LogP contribution in [-0.4, -0.2) is 33.4 Å². The van der Waals surface area contributed by atoms with Crippen molar-refractivity contribution in [2.24, 2.45) is 5.92 Å². The number of hydrogen-bond acceptors (Lipinski definition) is 6. The Morgan fingerprint density at radius 2 is 2.00 bits per heavy atom. The maximum atomic E-state index is 12.7. The van der Waals surface area contributed by atoms with Crippen LogP contribution in [0.1, 0.15) is 39.2 Å². The lowest BCUT2D eigenvalue weighted by molar-refractivity contribution is -0.305. The zero-order valence-electron chi connectivity index (χ0n) is 14.3. The molecule has 2 aromatic rings. The van der Waals surface area contributed by atoms with Gasteiger partial charge < -0.3 is 15.2 Å². The Bertz CT molecular complexity index is 816. The number of nitrogens with one attached hydrogen (secondary N) is 1. The lowest BCUT2D eigenvalue weighted by atomic mass is 10.0. The van der Waals surface area contributed by atoms with Gasteiger partial charge in [-0.25, -0.2) is 0 Å². The van der Waals surface area contributed by atoms with Crippen LogP contribution < -0.4 is 16.0 Å². The minimum absolute atomic E-state index is 0.134. The summed E-state index contributed by atoms with van der Waals surface area (Å²) in [4.78, 5) is 35.6. The molecule has 8 nitrogen and oxygen atoms in total. The van der Waals surface area contributed by atoms with E-state index in [1.165, 1.54) is 0 Å². The number of aromatic nitrogens is 3. The van der Waals surface area contributed by atoms with Crippen molar-refractivity contribution in [2.75, 3.05) is 6.54 Å². The lowest BCUT2D eigenvalue weighted by Gasteiger charge is -2.19. The van der Waals surface area contributed by atoms with Gasteiger partial charge in [-0.15, -0.1) is 5.10 Å². The third-order valence-corrected chi connectivity index (χ3v) is 3.74. The first-order valence-corrected chi connectivity index (χ1v) is 8.22. The van der Waals surface area contributed by atoms with Crippen molar-refractivity contribution in [1.29, 1.82) is 0 Å². The van der Waals surface area contributed by atoms with Gasteiger partial charge in [0, 0.05) is 12.5 Å². The molecule has 0 aliphatic heterocycles. The topological polar surface area (TPSA) is 117 Å². The van der Waals surface area contributed by atoms with Gasteiger partial charge >= 0.3 is 0 Å². The van der Waals surface area contributed by atoms with Gasteiger partial charge in [-0.2, -0.15) is 4.68 Å². The second-order valence-corrected chi connectivity index (χ2v) is 6.27. The SMILES string of the molecule is CC(C)C[C@H](C(=O)NCCCC(=O)[O-])n1nnc2ccccc2c1=O. The maximum absolute atomic E-state index is 12.7. The third kappa shape index (κ3) is 4.85. The van der Waals surface area contributed by atoms with Crippen LogP contribution >= 0.6 is 0 Å². The number of aliphatic carboxylic acids is 1. The Labute approximate surface area is 144 Å². The number of carbonyl (C=O) groups excluding carboxylic acids is 2. The van der Waals surface area contributed by atoms with Crippen molar-refractivity contribution in [3.8, 4) is 0 Å². The molecule has 1 atom stereocenters. The van der Waals surface area contributed by atoms with Crippen LogP contribution in [0.15, 0.2) is 29.1 Å². The van der Waals surface area contributed by atoms with E-state index in [1.807, 2.05) is 13.8 Å². The van der Waals surface area contributed by atoms with E-state index < -0.39 is 12.0 Å². The Morgan fingerprint density at radius 3 is 2.68 bits per heavy atom. The number of rotatable bonds is 8.